The summed E-state index contributed by atoms with van der Waals surface area (Å²) in [6.07, 6.45) is -0.749. The third-order valence-electron chi connectivity index (χ3n) is 2.58. The van der Waals surface area contributed by atoms with Crippen molar-refractivity contribution in [2.75, 3.05) is 6.54 Å². The van der Waals surface area contributed by atoms with Crippen LogP contribution in [0.3, 0.4) is 0 Å². The van der Waals surface area contributed by atoms with E-state index in [9.17, 15) is 9.50 Å². The van der Waals surface area contributed by atoms with Crippen molar-refractivity contribution in [1.29, 1.82) is 0 Å². The molecule has 0 saturated carbocycles. The van der Waals surface area contributed by atoms with Crippen molar-refractivity contribution in [3.8, 4) is 0 Å². The molecule has 4 heteroatoms. The molecule has 80 valence electrons. The molecule has 0 aliphatic carbocycles. The van der Waals surface area contributed by atoms with Crippen LogP contribution in [0.15, 0.2) is 18.2 Å². The number of nitrogens with one attached hydrogen (secondary N) is 1. The van der Waals surface area contributed by atoms with Gasteiger partial charge in [-0.3, -0.25) is 0 Å². The fourth-order valence-electron chi connectivity index (χ4n) is 1.88. The second-order valence-corrected chi connectivity index (χ2v) is 3.58. The lowest BCUT2D eigenvalue weighted by Crippen LogP contribution is -2.12. The molecule has 0 fully saturated rings. The van der Waals surface area contributed by atoms with Crippen LogP contribution < -0.4 is 5.73 Å². The molecule has 3 nitrogen and oxygen atoms in total. The van der Waals surface area contributed by atoms with E-state index in [2.05, 4.69) is 4.98 Å². The Kier molecular flexibility index (Phi) is 2.46. The molecule has 2 rings (SSSR count). The van der Waals surface area contributed by atoms with Crippen LogP contribution in [0.2, 0.25) is 0 Å². The molecule has 0 amide bonds. The molecule has 1 heterocycles. The van der Waals surface area contributed by atoms with Gasteiger partial charge in [-0.1, -0.05) is 12.1 Å². The van der Waals surface area contributed by atoms with Crippen LogP contribution in [0.25, 0.3) is 10.9 Å². The van der Waals surface area contributed by atoms with Gasteiger partial charge in [0.2, 0.25) is 0 Å². The summed E-state index contributed by atoms with van der Waals surface area (Å²) in [5.74, 6) is -0.314. The van der Waals surface area contributed by atoms with Gasteiger partial charge in [-0.2, -0.15) is 0 Å². The number of aromatic amines is 1. The van der Waals surface area contributed by atoms with Gasteiger partial charge in [-0.25, -0.2) is 4.39 Å². The van der Waals surface area contributed by atoms with E-state index in [-0.39, 0.29) is 12.4 Å². The highest BCUT2D eigenvalue weighted by molar-refractivity contribution is 5.85. The first-order valence-electron chi connectivity index (χ1n) is 4.80. The molecule has 15 heavy (non-hydrogen) atoms. The Bertz CT molecular complexity index is 493. The molecule has 1 atom stereocenters. The molecule has 1 aromatic carbocycles. The van der Waals surface area contributed by atoms with Gasteiger partial charge in [-0.05, 0) is 13.0 Å². The first kappa shape index (κ1) is 10.1. The van der Waals surface area contributed by atoms with Crippen LogP contribution in [0.1, 0.15) is 17.4 Å². The number of halogens is 1. The van der Waals surface area contributed by atoms with Crippen molar-refractivity contribution in [3.05, 3.63) is 35.3 Å². The van der Waals surface area contributed by atoms with E-state index in [1.165, 1.54) is 6.07 Å². The summed E-state index contributed by atoms with van der Waals surface area (Å²) in [7, 11) is 0. The highest BCUT2D eigenvalue weighted by Gasteiger charge is 2.16. The van der Waals surface area contributed by atoms with Crippen molar-refractivity contribution in [2.24, 2.45) is 5.73 Å². The maximum atomic E-state index is 13.4. The van der Waals surface area contributed by atoms with E-state index in [0.717, 1.165) is 5.69 Å². The normalized spacial score (nSPS) is 13.3. The van der Waals surface area contributed by atoms with Gasteiger partial charge in [0.1, 0.15) is 5.82 Å². The van der Waals surface area contributed by atoms with Crippen LogP contribution in [0.4, 0.5) is 4.39 Å². The highest BCUT2D eigenvalue weighted by atomic mass is 19.1. The van der Waals surface area contributed by atoms with Crippen LogP contribution in [-0.4, -0.2) is 16.6 Å². The fraction of sp³-hybridized carbons (Fsp3) is 0.273. The third-order valence-corrected chi connectivity index (χ3v) is 2.58. The van der Waals surface area contributed by atoms with Gasteiger partial charge >= 0.3 is 0 Å². The number of hydrogen-bond acceptors (Lipinski definition) is 2. The van der Waals surface area contributed by atoms with E-state index in [4.69, 9.17) is 5.73 Å². The van der Waals surface area contributed by atoms with Gasteiger partial charge in [0, 0.05) is 23.2 Å². The minimum absolute atomic E-state index is 0.129. The van der Waals surface area contributed by atoms with Crippen LogP contribution in [-0.2, 0) is 0 Å². The molecule has 0 bridgehead atoms. The number of H-pyrrole nitrogens is 1. The highest BCUT2D eigenvalue weighted by Crippen LogP contribution is 2.28. The van der Waals surface area contributed by atoms with E-state index < -0.39 is 6.10 Å². The van der Waals surface area contributed by atoms with Crippen LogP contribution in [0.5, 0.6) is 0 Å². The van der Waals surface area contributed by atoms with E-state index in [0.29, 0.717) is 16.5 Å². The zero-order valence-corrected chi connectivity index (χ0v) is 8.42. The lowest BCUT2D eigenvalue weighted by molar-refractivity contribution is 0.187. The smallest absolute Gasteiger partial charge is 0.147 e. The zero-order chi connectivity index (χ0) is 11.0. The second kappa shape index (κ2) is 3.64. The van der Waals surface area contributed by atoms with Crippen molar-refractivity contribution in [2.45, 2.75) is 13.0 Å². The second-order valence-electron chi connectivity index (χ2n) is 3.58. The average molecular weight is 208 g/mol. The Labute approximate surface area is 86.7 Å². The predicted octanol–water partition coefficient (Wildman–Crippen LogP) is 1.61. The number of para-hydroxylation sites is 1. The van der Waals surface area contributed by atoms with Crippen molar-refractivity contribution in [1.82, 2.24) is 4.98 Å². The Morgan fingerprint density at radius 3 is 2.93 bits per heavy atom. The van der Waals surface area contributed by atoms with Crippen molar-refractivity contribution in [3.63, 3.8) is 0 Å². The molecule has 0 radical (unpaired) electrons. The minimum Gasteiger partial charge on any atom is -0.387 e. The number of aliphatic hydroxyl groups is 1. The first-order chi connectivity index (χ1) is 7.15. The van der Waals surface area contributed by atoms with Gasteiger partial charge in [-0.15, -0.1) is 0 Å². The number of aryl methyl sites for hydroxylation is 1. The quantitative estimate of drug-likeness (QED) is 0.702. The monoisotopic (exact) mass is 208 g/mol. The number of hydrogen-bond donors (Lipinski definition) is 3. The molecule has 0 saturated heterocycles. The summed E-state index contributed by atoms with van der Waals surface area (Å²) in [6.45, 7) is 1.93. The third kappa shape index (κ3) is 1.52. The molecule has 4 N–H and O–H groups in total. The van der Waals surface area contributed by atoms with E-state index in [1.807, 2.05) is 0 Å². The van der Waals surface area contributed by atoms with Crippen LogP contribution >= 0.6 is 0 Å². The first-order valence-corrected chi connectivity index (χ1v) is 4.80. The largest absolute Gasteiger partial charge is 0.387 e. The Morgan fingerprint density at radius 2 is 2.27 bits per heavy atom. The summed E-state index contributed by atoms with van der Waals surface area (Å²) in [4.78, 5) is 2.92. The molecular weight excluding hydrogens is 195 g/mol. The summed E-state index contributed by atoms with van der Waals surface area (Å²) >= 11 is 0. The minimum atomic E-state index is -0.749. The SMILES string of the molecule is Cc1[nH]c2c(F)cccc2c1C(O)CN. The predicted molar refractivity (Wildman–Crippen MR) is 57.0 cm³/mol. The standard InChI is InChI=1S/C11H13FN2O/c1-6-10(9(15)5-13)7-3-2-4-8(12)11(7)14-6/h2-4,9,14-15H,5,13H2,1H3. The number of aromatic nitrogens is 1. The van der Waals surface area contributed by atoms with Crippen molar-refractivity contribution >= 4 is 10.9 Å². The Morgan fingerprint density at radius 1 is 1.53 bits per heavy atom. The topological polar surface area (TPSA) is 62.0 Å². The van der Waals surface area contributed by atoms with Gasteiger partial charge in [0.05, 0.1) is 11.6 Å². The lowest BCUT2D eigenvalue weighted by atomic mass is 10.1. The summed E-state index contributed by atoms with van der Waals surface area (Å²) < 4.78 is 13.4. The Hall–Kier alpha value is -1.39. The van der Waals surface area contributed by atoms with Gasteiger partial charge < -0.3 is 15.8 Å². The van der Waals surface area contributed by atoms with Gasteiger partial charge in [0.15, 0.2) is 0 Å². The maximum absolute atomic E-state index is 13.4. The number of fused-ring (bicyclic) bond motifs is 1. The van der Waals surface area contributed by atoms with Gasteiger partial charge in [0.25, 0.3) is 0 Å². The Balaban J connectivity index is 2.73. The fourth-order valence-corrected chi connectivity index (χ4v) is 1.88. The number of benzene rings is 1. The number of rotatable bonds is 2. The molecule has 0 aliphatic rings. The van der Waals surface area contributed by atoms with E-state index in [1.54, 1.807) is 19.1 Å². The number of aliphatic hydroxyl groups excluding tert-OH is 1. The zero-order valence-electron chi connectivity index (χ0n) is 8.42. The van der Waals surface area contributed by atoms with Crippen LogP contribution in [0, 0.1) is 12.7 Å². The molecule has 2 aromatic rings. The summed E-state index contributed by atoms with van der Waals surface area (Å²) in [5, 5.41) is 10.4. The number of nitrogens with two attached hydrogens (primary N) is 1. The molecular formula is C11H13FN2O. The average Bonchev–Trinajstić information content (AvgIpc) is 2.55. The summed E-state index contributed by atoms with van der Waals surface area (Å²) in [6, 6.07) is 4.78. The molecule has 0 aliphatic heterocycles. The molecule has 1 aromatic heterocycles. The van der Waals surface area contributed by atoms with E-state index >= 15 is 0 Å². The molecule has 0 spiro atoms. The lowest BCUT2D eigenvalue weighted by Gasteiger charge is -2.07. The molecule has 1 unspecified atom stereocenters. The van der Waals surface area contributed by atoms with Crippen molar-refractivity contribution < 1.29 is 9.50 Å². The maximum Gasteiger partial charge on any atom is 0.147 e. The summed E-state index contributed by atoms with van der Waals surface area (Å²) in [5.41, 5.74) is 7.28.